The van der Waals surface area contributed by atoms with Gasteiger partial charge in [-0.3, -0.25) is 0 Å². The van der Waals surface area contributed by atoms with Gasteiger partial charge in [-0.2, -0.15) is 0 Å². The highest BCUT2D eigenvalue weighted by Gasteiger charge is 2.26. The lowest BCUT2D eigenvalue weighted by Crippen LogP contribution is -2.35. The van der Waals surface area contributed by atoms with Crippen LogP contribution >= 0.6 is 0 Å². The molecule has 1 rings (SSSR count). The predicted octanol–water partition coefficient (Wildman–Crippen LogP) is 3.45. The number of hydrogen-bond donors (Lipinski definition) is 1. The van der Waals surface area contributed by atoms with Crippen molar-refractivity contribution in [2.75, 3.05) is 6.54 Å². The van der Waals surface area contributed by atoms with Crippen molar-refractivity contribution in [1.82, 2.24) is 5.32 Å². The first kappa shape index (κ1) is 12.0. The van der Waals surface area contributed by atoms with Gasteiger partial charge >= 0.3 is 0 Å². The lowest BCUT2D eigenvalue weighted by Gasteiger charge is -2.35. The molecular weight excluding hydrogens is 170 g/mol. The number of nitrogens with one attached hydrogen (secondary N) is 1. The molecule has 3 atom stereocenters. The molecule has 0 amide bonds. The molecule has 0 radical (unpaired) electrons. The van der Waals surface area contributed by atoms with Crippen molar-refractivity contribution in [2.24, 2.45) is 17.8 Å². The highest BCUT2D eigenvalue weighted by molar-refractivity contribution is 4.79. The monoisotopic (exact) mass is 197 g/mol. The molecule has 1 saturated carbocycles. The van der Waals surface area contributed by atoms with E-state index in [4.69, 9.17) is 0 Å². The highest BCUT2D eigenvalue weighted by atomic mass is 14.9. The van der Waals surface area contributed by atoms with Crippen LogP contribution in [0, 0.1) is 17.8 Å². The van der Waals surface area contributed by atoms with E-state index in [1.807, 2.05) is 0 Å². The van der Waals surface area contributed by atoms with Crippen LogP contribution in [0.4, 0.5) is 0 Å². The van der Waals surface area contributed by atoms with Crippen molar-refractivity contribution in [3.63, 3.8) is 0 Å². The van der Waals surface area contributed by atoms with Gasteiger partial charge in [0, 0.05) is 6.04 Å². The second-order valence-electron chi connectivity index (χ2n) is 5.41. The van der Waals surface area contributed by atoms with Crippen LogP contribution in [-0.4, -0.2) is 12.6 Å². The van der Waals surface area contributed by atoms with E-state index >= 15 is 0 Å². The smallest absolute Gasteiger partial charge is 0.00104 e. The van der Waals surface area contributed by atoms with Crippen LogP contribution < -0.4 is 5.32 Å². The fourth-order valence-electron chi connectivity index (χ4n) is 2.72. The van der Waals surface area contributed by atoms with Gasteiger partial charge in [0.2, 0.25) is 0 Å². The summed E-state index contributed by atoms with van der Waals surface area (Å²) in [7, 11) is 0. The van der Waals surface area contributed by atoms with E-state index in [0.29, 0.717) is 6.04 Å². The molecule has 1 fully saturated rings. The molecule has 84 valence electrons. The van der Waals surface area contributed by atoms with Crippen molar-refractivity contribution in [1.29, 1.82) is 0 Å². The van der Waals surface area contributed by atoms with Crippen LogP contribution in [0.25, 0.3) is 0 Å². The summed E-state index contributed by atoms with van der Waals surface area (Å²) in [6.07, 6.45) is 5.72. The third-order valence-electron chi connectivity index (χ3n) is 3.71. The van der Waals surface area contributed by atoms with Crippen molar-refractivity contribution in [3.8, 4) is 0 Å². The third kappa shape index (κ3) is 3.61. The topological polar surface area (TPSA) is 12.0 Å². The Morgan fingerprint density at radius 1 is 1.21 bits per heavy atom. The van der Waals surface area contributed by atoms with Crippen LogP contribution in [0.5, 0.6) is 0 Å². The SMILES string of the molecule is CCC1CC(C)CCC1CNC(C)C. The molecule has 1 aliphatic carbocycles. The summed E-state index contributed by atoms with van der Waals surface area (Å²) in [4.78, 5) is 0. The molecule has 0 saturated heterocycles. The minimum absolute atomic E-state index is 0.645. The Morgan fingerprint density at radius 3 is 2.50 bits per heavy atom. The average Bonchev–Trinajstić information content (AvgIpc) is 2.15. The molecule has 0 aliphatic heterocycles. The number of hydrogen-bond acceptors (Lipinski definition) is 1. The summed E-state index contributed by atoms with van der Waals surface area (Å²) in [5, 5.41) is 3.59. The quantitative estimate of drug-likeness (QED) is 0.728. The summed E-state index contributed by atoms with van der Waals surface area (Å²) in [6, 6.07) is 0.645. The molecule has 14 heavy (non-hydrogen) atoms. The standard InChI is InChI=1S/C13H27N/c1-5-12-8-11(4)6-7-13(12)9-14-10(2)3/h10-14H,5-9H2,1-4H3. The molecule has 1 heteroatoms. The lowest BCUT2D eigenvalue weighted by molar-refractivity contribution is 0.177. The first-order valence-corrected chi connectivity index (χ1v) is 6.36. The van der Waals surface area contributed by atoms with E-state index < -0.39 is 0 Å². The van der Waals surface area contributed by atoms with Gasteiger partial charge in [-0.05, 0) is 37.1 Å². The number of rotatable bonds is 4. The normalized spacial score (nSPS) is 33.6. The minimum Gasteiger partial charge on any atom is -0.314 e. The molecule has 0 bridgehead atoms. The molecule has 0 heterocycles. The molecular formula is C13H27N. The zero-order valence-electron chi connectivity index (χ0n) is 10.3. The van der Waals surface area contributed by atoms with Crippen LogP contribution in [0.3, 0.4) is 0 Å². The van der Waals surface area contributed by atoms with Crippen molar-refractivity contribution in [3.05, 3.63) is 0 Å². The van der Waals surface area contributed by atoms with Crippen LogP contribution in [0.15, 0.2) is 0 Å². The van der Waals surface area contributed by atoms with E-state index in [1.54, 1.807) is 0 Å². The Bertz CT molecular complexity index is 153. The van der Waals surface area contributed by atoms with Crippen LogP contribution in [0.2, 0.25) is 0 Å². The second kappa shape index (κ2) is 5.75. The molecule has 0 spiro atoms. The van der Waals surface area contributed by atoms with Crippen LogP contribution in [-0.2, 0) is 0 Å². The summed E-state index contributed by atoms with van der Waals surface area (Å²) >= 11 is 0. The van der Waals surface area contributed by atoms with Gasteiger partial charge < -0.3 is 5.32 Å². The average molecular weight is 197 g/mol. The van der Waals surface area contributed by atoms with Crippen molar-refractivity contribution >= 4 is 0 Å². The van der Waals surface area contributed by atoms with Gasteiger partial charge in [-0.15, -0.1) is 0 Å². The Labute approximate surface area is 89.7 Å². The van der Waals surface area contributed by atoms with Gasteiger partial charge in [-0.25, -0.2) is 0 Å². The Hall–Kier alpha value is -0.0400. The maximum Gasteiger partial charge on any atom is 0.00104 e. The fourth-order valence-corrected chi connectivity index (χ4v) is 2.72. The lowest BCUT2D eigenvalue weighted by atomic mass is 9.73. The van der Waals surface area contributed by atoms with E-state index in [2.05, 4.69) is 33.0 Å². The van der Waals surface area contributed by atoms with E-state index in [9.17, 15) is 0 Å². The highest BCUT2D eigenvalue weighted by Crippen LogP contribution is 2.35. The fraction of sp³-hybridized carbons (Fsp3) is 1.00. The molecule has 1 nitrogen and oxygen atoms in total. The van der Waals surface area contributed by atoms with Gasteiger partial charge in [0.05, 0.1) is 0 Å². The largest absolute Gasteiger partial charge is 0.314 e. The third-order valence-corrected chi connectivity index (χ3v) is 3.71. The molecule has 3 unspecified atom stereocenters. The Balaban J connectivity index is 2.34. The predicted molar refractivity (Wildman–Crippen MR) is 63.4 cm³/mol. The van der Waals surface area contributed by atoms with Crippen molar-refractivity contribution in [2.45, 2.75) is 59.4 Å². The summed E-state index contributed by atoms with van der Waals surface area (Å²) in [5.74, 6) is 2.89. The Morgan fingerprint density at radius 2 is 1.93 bits per heavy atom. The van der Waals surface area contributed by atoms with Gasteiger partial charge in [0.15, 0.2) is 0 Å². The summed E-state index contributed by atoms with van der Waals surface area (Å²) in [5.41, 5.74) is 0. The zero-order chi connectivity index (χ0) is 10.6. The van der Waals surface area contributed by atoms with Crippen molar-refractivity contribution < 1.29 is 0 Å². The summed E-state index contributed by atoms with van der Waals surface area (Å²) in [6.45, 7) is 10.5. The minimum atomic E-state index is 0.645. The maximum absolute atomic E-state index is 3.59. The van der Waals surface area contributed by atoms with E-state index in [0.717, 1.165) is 17.8 Å². The molecule has 1 aliphatic rings. The molecule has 0 aromatic heterocycles. The zero-order valence-corrected chi connectivity index (χ0v) is 10.3. The van der Waals surface area contributed by atoms with Crippen LogP contribution in [0.1, 0.15) is 53.4 Å². The van der Waals surface area contributed by atoms with E-state index in [1.165, 1.54) is 32.2 Å². The first-order chi connectivity index (χ1) is 6.63. The molecule has 0 aromatic carbocycles. The maximum atomic E-state index is 3.59. The second-order valence-corrected chi connectivity index (χ2v) is 5.41. The van der Waals surface area contributed by atoms with Gasteiger partial charge in [0.25, 0.3) is 0 Å². The van der Waals surface area contributed by atoms with Gasteiger partial charge in [0.1, 0.15) is 0 Å². The molecule has 1 N–H and O–H groups in total. The first-order valence-electron chi connectivity index (χ1n) is 6.36. The molecule has 0 aromatic rings. The Kier molecular flexibility index (Phi) is 4.94. The van der Waals surface area contributed by atoms with E-state index in [-0.39, 0.29) is 0 Å². The summed E-state index contributed by atoms with van der Waals surface area (Å²) < 4.78 is 0. The van der Waals surface area contributed by atoms with Gasteiger partial charge in [-0.1, -0.05) is 40.5 Å².